The van der Waals surface area contributed by atoms with E-state index < -0.39 is 0 Å². The van der Waals surface area contributed by atoms with Crippen molar-refractivity contribution in [2.45, 2.75) is 26.3 Å². The number of carbonyl (C=O) groups excluding carboxylic acids is 2. The highest BCUT2D eigenvalue weighted by Crippen LogP contribution is 2.15. The lowest BCUT2D eigenvalue weighted by molar-refractivity contribution is -0.142. The van der Waals surface area contributed by atoms with Gasteiger partial charge in [0.2, 0.25) is 0 Å². The number of esters is 1. The van der Waals surface area contributed by atoms with Crippen LogP contribution in [0.4, 0.5) is 0 Å². The molecule has 1 heterocycles. The maximum absolute atomic E-state index is 11.7. The molecule has 0 aromatic carbocycles. The van der Waals surface area contributed by atoms with Gasteiger partial charge in [0.25, 0.3) is 5.91 Å². The van der Waals surface area contributed by atoms with Crippen LogP contribution in [0.1, 0.15) is 41.8 Å². The van der Waals surface area contributed by atoms with Crippen LogP contribution in [0.3, 0.4) is 0 Å². The molecule has 1 rings (SSSR count). The highest BCUT2D eigenvalue weighted by molar-refractivity contribution is 7.09. The van der Waals surface area contributed by atoms with Crippen molar-refractivity contribution >= 4 is 23.2 Å². The van der Waals surface area contributed by atoms with Crippen molar-refractivity contribution in [3.8, 4) is 0 Å². The molecule has 7 heteroatoms. The van der Waals surface area contributed by atoms with Crippen LogP contribution in [0.15, 0.2) is 5.38 Å². The SMILES string of the molecule is CCOC(=O)CCNC(=O)c1csc(C(C)N)n1. The number of nitrogens with one attached hydrogen (secondary N) is 1. The first kappa shape index (κ1) is 14.6. The molecule has 0 aliphatic rings. The molecule has 0 spiro atoms. The van der Waals surface area contributed by atoms with Crippen molar-refractivity contribution in [3.63, 3.8) is 0 Å². The number of rotatable bonds is 6. The first-order valence-electron chi connectivity index (χ1n) is 5.69. The maximum Gasteiger partial charge on any atom is 0.307 e. The Bertz CT molecular complexity index is 417. The maximum atomic E-state index is 11.7. The molecule has 0 aliphatic heterocycles. The van der Waals surface area contributed by atoms with Crippen molar-refractivity contribution < 1.29 is 14.3 Å². The van der Waals surface area contributed by atoms with E-state index in [9.17, 15) is 9.59 Å². The van der Waals surface area contributed by atoms with Gasteiger partial charge in [0.05, 0.1) is 19.1 Å². The van der Waals surface area contributed by atoms with Crippen LogP contribution >= 0.6 is 11.3 Å². The lowest BCUT2D eigenvalue weighted by atomic mass is 10.3. The molecule has 0 saturated heterocycles. The third-order valence-electron chi connectivity index (χ3n) is 2.06. The molecular weight excluding hydrogens is 254 g/mol. The lowest BCUT2D eigenvalue weighted by Crippen LogP contribution is -2.27. The quantitative estimate of drug-likeness (QED) is 0.748. The number of thiazole rings is 1. The van der Waals surface area contributed by atoms with Gasteiger partial charge >= 0.3 is 5.97 Å². The van der Waals surface area contributed by atoms with E-state index in [4.69, 9.17) is 10.5 Å². The largest absolute Gasteiger partial charge is 0.466 e. The molecule has 0 saturated carbocycles. The molecule has 1 atom stereocenters. The number of hydrogen-bond acceptors (Lipinski definition) is 6. The van der Waals surface area contributed by atoms with Crippen LogP contribution in [0.2, 0.25) is 0 Å². The summed E-state index contributed by atoms with van der Waals surface area (Å²) in [6.07, 6.45) is 0.157. The Morgan fingerprint density at radius 3 is 2.89 bits per heavy atom. The topological polar surface area (TPSA) is 94.3 Å². The summed E-state index contributed by atoms with van der Waals surface area (Å²) in [6.45, 7) is 4.13. The summed E-state index contributed by atoms with van der Waals surface area (Å²) in [4.78, 5) is 26.8. The van der Waals surface area contributed by atoms with Crippen molar-refractivity contribution in [2.24, 2.45) is 5.73 Å². The summed E-state index contributed by atoms with van der Waals surface area (Å²) in [5, 5.41) is 4.97. The zero-order chi connectivity index (χ0) is 13.5. The summed E-state index contributed by atoms with van der Waals surface area (Å²) in [7, 11) is 0. The minimum Gasteiger partial charge on any atom is -0.466 e. The zero-order valence-corrected chi connectivity index (χ0v) is 11.3. The number of ether oxygens (including phenoxy) is 1. The number of hydrogen-bond donors (Lipinski definition) is 2. The Labute approximate surface area is 110 Å². The molecule has 18 heavy (non-hydrogen) atoms. The number of amides is 1. The van der Waals surface area contributed by atoms with Gasteiger partial charge in [0, 0.05) is 11.9 Å². The molecule has 0 radical (unpaired) electrons. The van der Waals surface area contributed by atoms with Gasteiger partial charge in [-0.3, -0.25) is 9.59 Å². The minimum atomic E-state index is -0.327. The molecule has 1 aromatic rings. The molecule has 6 nitrogen and oxygen atoms in total. The third-order valence-corrected chi connectivity index (χ3v) is 3.11. The van der Waals surface area contributed by atoms with E-state index in [1.54, 1.807) is 19.2 Å². The lowest BCUT2D eigenvalue weighted by Gasteiger charge is -2.03. The minimum absolute atomic E-state index is 0.157. The molecule has 0 bridgehead atoms. The predicted octanol–water partition coefficient (Wildman–Crippen LogP) is 0.846. The van der Waals surface area contributed by atoms with Crippen LogP contribution in [0.25, 0.3) is 0 Å². The van der Waals surface area contributed by atoms with Gasteiger partial charge in [-0.1, -0.05) is 0 Å². The predicted molar refractivity (Wildman–Crippen MR) is 68.3 cm³/mol. The molecule has 3 N–H and O–H groups in total. The Balaban J connectivity index is 2.38. The average molecular weight is 271 g/mol. The molecule has 1 aromatic heterocycles. The summed E-state index contributed by atoms with van der Waals surface area (Å²) < 4.78 is 4.74. The van der Waals surface area contributed by atoms with Gasteiger partial charge < -0.3 is 15.8 Å². The van der Waals surface area contributed by atoms with Gasteiger partial charge in [-0.2, -0.15) is 0 Å². The van der Waals surface area contributed by atoms with Crippen LogP contribution in [0, 0.1) is 0 Å². The highest BCUT2D eigenvalue weighted by atomic mass is 32.1. The first-order valence-corrected chi connectivity index (χ1v) is 6.57. The highest BCUT2D eigenvalue weighted by Gasteiger charge is 2.12. The van der Waals surface area contributed by atoms with Gasteiger partial charge in [-0.05, 0) is 13.8 Å². The van der Waals surface area contributed by atoms with E-state index in [-0.39, 0.29) is 30.9 Å². The van der Waals surface area contributed by atoms with Gasteiger partial charge in [0.1, 0.15) is 10.7 Å². The molecule has 1 amide bonds. The summed E-state index contributed by atoms with van der Waals surface area (Å²) in [5.74, 6) is -0.630. The standard InChI is InChI=1S/C11H17N3O3S/c1-3-17-9(15)4-5-13-10(16)8-6-18-11(14-8)7(2)12/h6-7H,3-5,12H2,1-2H3,(H,13,16). The normalized spacial score (nSPS) is 11.9. The second-order valence-electron chi connectivity index (χ2n) is 3.67. The fraction of sp³-hybridized carbons (Fsp3) is 0.545. The first-order chi connectivity index (χ1) is 8.54. The summed E-state index contributed by atoms with van der Waals surface area (Å²) >= 11 is 1.35. The molecule has 0 fully saturated rings. The summed E-state index contributed by atoms with van der Waals surface area (Å²) in [6, 6.07) is -0.184. The monoisotopic (exact) mass is 271 g/mol. The Morgan fingerprint density at radius 1 is 1.61 bits per heavy atom. The van der Waals surface area contributed by atoms with Gasteiger partial charge in [-0.15, -0.1) is 11.3 Å². The van der Waals surface area contributed by atoms with Crippen molar-refractivity contribution in [1.29, 1.82) is 0 Å². The Kier molecular flexibility index (Phi) is 5.73. The molecule has 0 aliphatic carbocycles. The second kappa shape index (κ2) is 7.07. The van der Waals surface area contributed by atoms with Crippen LogP contribution in [-0.4, -0.2) is 30.0 Å². The second-order valence-corrected chi connectivity index (χ2v) is 4.56. The van der Waals surface area contributed by atoms with Crippen molar-refractivity contribution in [1.82, 2.24) is 10.3 Å². The number of aromatic nitrogens is 1. The smallest absolute Gasteiger partial charge is 0.307 e. The fourth-order valence-electron chi connectivity index (χ4n) is 1.20. The van der Waals surface area contributed by atoms with Gasteiger partial charge in [0.15, 0.2) is 0 Å². The van der Waals surface area contributed by atoms with Crippen LogP contribution in [-0.2, 0) is 9.53 Å². The zero-order valence-electron chi connectivity index (χ0n) is 10.4. The number of nitrogens with zero attached hydrogens (tertiary/aromatic N) is 1. The Morgan fingerprint density at radius 2 is 2.33 bits per heavy atom. The Hall–Kier alpha value is -1.47. The molecule has 100 valence electrons. The molecule has 1 unspecified atom stereocenters. The van der Waals surface area contributed by atoms with Crippen molar-refractivity contribution in [3.05, 3.63) is 16.1 Å². The van der Waals surface area contributed by atoms with E-state index in [2.05, 4.69) is 10.3 Å². The van der Waals surface area contributed by atoms with E-state index in [1.807, 2.05) is 0 Å². The summed E-state index contributed by atoms with van der Waals surface area (Å²) in [5.41, 5.74) is 5.99. The average Bonchev–Trinajstić information content (AvgIpc) is 2.78. The van der Waals surface area contributed by atoms with E-state index in [0.717, 1.165) is 0 Å². The number of nitrogens with two attached hydrogens (primary N) is 1. The third kappa shape index (κ3) is 4.42. The van der Waals surface area contributed by atoms with E-state index >= 15 is 0 Å². The van der Waals surface area contributed by atoms with E-state index in [1.165, 1.54) is 11.3 Å². The number of carbonyl (C=O) groups is 2. The van der Waals surface area contributed by atoms with Crippen LogP contribution < -0.4 is 11.1 Å². The molecular formula is C11H17N3O3S. The van der Waals surface area contributed by atoms with Crippen LogP contribution in [0.5, 0.6) is 0 Å². The van der Waals surface area contributed by atoms with E-state index in [0.29, 0.717) is 17.3 Å². The van der Waals surface area contributed by atoms with Gasteiger partial charge in [-0.25, -0.2) is 4.98 Å². The fourth-order valence-corrected chi connectivity index (χ4v) is 1.96. The van der Waals surface area contributed by atoms with Crippen molar-refractivity contribution in [2.75, 3.05) is 13.2 Å².